The van der Waals surface area contributed by atoms with Gasteiger partial charge < -0.3 is 5.32 Å². The second-order valence-electron chi connectivity index (χ2n) is 5.34. The fraction of sp³-hybridized carbons (Fsp3) is 0.571. The van der Waals surface area contributed by atoms with Crippen LogP contribution in [0, 0.1) is 6.92 Å². The molecule has 0 unspecified atom stereocenters. The first kappa shape index (κ1) is 18.9. The largest absolute Gasteiger partial charge is 0.315 e. The van der Waals surface area contributed by atoms with Crippen molar-refractivity contribution in [2.24, 2.45) is 0 Å². The summed E-state index contributed by atoms with van der Waals surface area (Å²) in [4.78, 5) is 0. The lowest BCUT2D eigenvalue weighted by Crippen LogP contribution is -2.24. The Morgan fingerprint density at radius 3 is 2.24 bits per heavy atom. The summed E-state index contributed by atoms with van der Waals surface area (Å²) in [5, 5.41) is 3.28. The van der Waals surface area contributed by atoms with Crippen LogP contribution in [-0.2, 0) is 10.0 Å². The number of rotatable bonds is 8. The second kappa shape index (κ2) is 8.50. The molecule has 0 aliphatic carbocycles. The third-order valence-corrected chi connectivity index (χ3v) is 5.43. The molecule has 0 atom stereocenters. The molecule has 0 aliphatic heterocycles. The summed E-state index contributed by atoms with van der Waals surface area (Å²) in [5.41, 5.74) is 1.61. The van der Waals surface area contributed by atoms with Crippen molar-refractivity contribution in [3.05, 3.63) is 26.6 Å². The molecule has 1 aromatic rings. The van der Waals surface area contributed by atoms with Gasteiger partial charge in [0, 0.05) is 15.0 Å². The molecular formula is C14H22Br2N2O2S. The van der Waals surface area contributed by atoms with Gasteiger partial charge in [0.25, 0.3) is 0 Å². The lowest BCUT2D eigenvalue weighted by Gasteiger charge is -2.13. The van der Waals surface area contributed by atoms with E-state index in [1.54, 1.807) is 0 Å². The van der Waals surface area contributed by atoms with Crippen molar-refractivity contribution in [1.82, 2.24) is 5.32 Å². The molecule has 120 valence electrons. The Morgan fingerprint density at radius 2 is 1.71 bits per heavy atom. The molecule has 0 aliphatic rings. The molecule has 1 aromatic carbocycles. The van der Waals surface area contributed by atoms with Gasteiger partial charge in [-0.15, -0.1) is 0 Å². The Hall–Kier alpha value is -0.110. The summed E-state index contributed by atoms with van der Waals surface area (Å²) < 4.78 is 28.3. The Bertz CT molecular complexity index is 551. The normalized spacial score (nSPS) is 11.9. The number of aryl methyl sites for hydroxylation is 1. The second-order valence-corrected chi connectivity index (χ2v) is 8.89. The van der Waals surface area contributed by atoms with Gasteiger partial charge in [-0.05, 0) is 75.9 Å². The third-order valence-electron chi connectivity index (χ3n) is 2.84. The summed E-state index contributed by atoms with van der Waals surface area (Å²) in [7, 11) is -3.33. The minimum absolute atomic E-state index is 0.125. The fourth-order valence-electron chi connectivity index (χ4n) is 1.81. The highest BCUT2D eigenvalue weighted by atomic mass is 79.9. The average molecular weight is 442 g/mol. The Morgan fingerprint density at radius 1 is 1.14 bits per heavy atom. The topological polar surface area (TPSA) is 58.2 Å². The van der Waals surface area contributed by atoms with Gasteiger partial charge in [-0.1, -0.05) is 13.8 Å². The quantitative estimate of drug-likeness (QED) is 0.598. The molecule has 0 saturated carbocycles. The van der Waals surface area contributed by atoms with Crippen LogP contribution in [0.15, 0.2) is 21.1 Å². The zero-order valence-corrected chi connectivity index (χ0v) is 16.5. The van der Waals surface area contributed by atoms with E-state index in [9.17, 15) is 8.42 Å². The number of hydrogen-bond donors (Lipinski definition) is 2. The van der Waals surface area contributed by atoms with Gasteiger partial charge in [0.15, 0.2) is 0 Å². The van der Waals surface area contributed by atoms with E-state index in [1.807, 2.05) is 19.1 Å². The van der Waals surface area contributed by atoms with Gasteiger partial charge in [0.2, 0.25) is 10.0 Å². The maximum atomic E-state index is 12.1. The molecule has 2 N–H and O–H groups in total. The first-order valence-electron chi connectivity index (χ1n) is 6.91. The van der Waals surface area contributed by atoms with Crippen LogP contribution in [0.2, 0.25) is 0 Å². The van der Waals surface area contributed by atoms with Crippen molar-refractivity contribution in [3.63, 3.8) is 0 Å². The summed E-state index contributed by atoms with van der Waals surface area (Å²) in [6.07, 6.45) is 1.48. The van der Waals surface area contributed by atoms with Crippen LogP contribution in [0.5, 0.6) is 0 Å². The number of unbranched alkanes of at least 4 members (excludes halogenated alkanes) is 1. The first-order chi connectivity index (χ1) is 9.71. The number of halogens is 2. The van der Waals surface area contributed by atoms with Crippen LogP contribution in [0.1, 0.15) is 32.3 Å². The zero-order chi connectivity index (χ0) is 16.0. The van der Waals surface area contributed by atoms with E-state index >= 15 is 0 Å². The van der Waals surface area contributed by atoms with Crippen molar-refractivity contribution < 1.29 is 8.42 Å². The van der Waals surface area contributed by atoms with Gasteiger partial charge in [-0.2, -0.15) is 0 Å². The van der Waals surface area contributed by atoms with Crippen LogP contribution in [0.25, 0.3) is 0 Å². The van der Waals surface area contributed by atoms with E-state index in [4.69, 9.17) is 0 Å². The minimum atomic E-state index is -3.33. The van der Waals surface area contributed by atoms with Gasteiger partial charge in [0.05, 0.1) is 11.4 Å². The Balaban J connectivity index is 2.57. The summed E-state index contributed by atoms with van der Waals surface area (Å²) in [5.74, 6) is 0.125. The molecule has 0 heterocycles. The fourth-order valence-corrected chi connectivity index (χ4v) is 4.90. The monoisotopic (exact) mass is 440 g/mol. The van der Waals surface area contributed by atoms with Crippen LogP contribution in [-0.4, -0.2) is 26.8 Å². The molecule has 0 saturated heterocycles. The highest BCUT2D eigenvalue weighted by Gasteiger charge is 2.15. The van der Waals surface area contributed by atoms with Crippen molar-refractivity contribution in [3.8, 4) is 0 Å². The lowest BCUT2D eigenvalue weighted by molar-refractivity contribution is 0.561. The molecule has 1 rings (SSSR count). The Labute approximate surface area is 144 Å². The van der Waals surface area contributed by atoms with Gasteiger partial charge in [-0.25, -0.2) is 8.42 Å². The van der Waals surface area contributed by atoms with Crippen LogP contribution in [0.4, 0.5) is 5.69 Å². The van der Waals surface area contributed by atoms with Crippen LogP contribution >= 0.6 is 31.9 Å². The summed E-state index contributed by atoms with van der Waals surface area (Å²) >= 11 is 6.79. The molecule has 0 fully saturated rings. The van der Waals surface area contributed by atoms with E-state index in [2.05, 4.69) is 55.7 Å². The van der Waals surface area contributed by atoms with Gasteiger partial charge in [0.1, 0.15) is 0 Å². The maximum Gasteiger partial charge on any atom is 0.232 e. The summed E-state index contributed by atoms with van der Waals surface area (Å²) in [6.45, 7) is 6.94. The molecule has 0 bridgehead atoms. The van der Waals surface area contributed by atoms with Crippen molar-refractivity contribution in [1.29, 1.82) is 0 Å². The molecular weight excluding hydrogens is 420 g/mol. The highest BCUT2D eigenvalue weighted by molar-refractivity contribution is 9.11. The van der Waals surface area contributed by atoms with Crippen molar-refractivity contribution in [2.75, 3.05) is 17.0 Å². The highest BCUT2D eigenvalue weighted by Crippen LogP contribution is 2.33. The van der Waals surface area contributed by atoms with E-state index < -0.39 is 10.0 Å². The molecule has 0 spiro atoms. The van der Waals surface area contributed by atoms with E-state index in [0.717, 1.165) is 27.5 Å². The predicted molar refractivity (Wildman–Crippen MR) is 96.4 cm³/mol. The number of benzene rings is 1. The third kappa shape index (κ3) is 7.13. The van der Waals surface area contributed by atoms with Gasteiger partial charge >= 0.3 is 0 Å². The average Bonchev–Trinajstić information content (AvgIpc) is 2.33. The lowest BCUT2D eigenvalue weighted by atomic mass is 10.2. The number of anilines is 1. The van der Waals surface area contributed by atoms with E-state index in [1.165, 1.54) is 0 Å². The SMILES string of the molecule is Cc1cc(Br)c(NS(=O)(=O)CCCCNC(C)C)c(Br)c1. The molecule has 21 heavy (non-hydrogen) atoms. The predicted octanol–water partition coefficient (Wildman–Crippen LogP) is 4.04. The molecule has 0 radical (unpaired) electrons. The number of nitrogens with one attached hydrogen (secondary N) is 2. The molecule has 4 nitrogen and oxygen atoms in total. The first-order valence-corrected chi connectivity index (χ1v) is 10.1. The summed E-state index contributed by atoms with van der Waals surface area (Å²) in [6, 6.07) is 4.20. The van der Waals surface area contributed by atoms with Crippen molar-refractivity contribution in [2.45, 2.75) is 39.7 Å². The molecule has 0 amide bonds. The number of sulfonamides is 1. The van der Waals surface area contributed by atoms with Gasteiger partial charge in [-0.3, -0.25) is 4.72 Å². The molecule has 7 heteroatoms. The Kier molecular flexibility index (Phi) is 7.67. The van der Waals surface area contributed by atoms with Crippen LogP contribution < -0.4 is 10.0 Å². The standard InChI is InChI=1S/C14H22Br2N2O2S/c1-10(2)17-6-4-5-7-21(19,20)18-14-12(15)8-11(3)9-13(14)16/h8-10,17-18H,4-7H2,1-3H3. The minimum Gasteiger partial charge on any atom is -0.315 e. The number of hydrogen-bond acceptors (Lipinski definition) is 3. The van der Waals surface area contributed by atoms with E-state index in [0.29, 0.717) is 18.2 Å². The maximum absolute atomic E-state index is 12.1. The van der Waals surface area contributed by atoms with Crippen molar-refractivity contribution >= 4 is 47.6 Å². The molecule has 0 aromatic heterocycles. The van der Waals surface area contributed by atoms with E-state index in [-0.39, 0.29) is 5.75 Å². The van der Waals surface area contributed by atoms with Crippen LogP contribution in [0.3, 0.4) is 0 Å². The smallest absolute Gasteiger partial charge is 0.232 e. The zero-order valence-electron chi connectivity index (χ0n) is 12.5.